The summed E-state index contributed by atoms with van der Waals surface area (Å²) in [5.41, 5.74) is -0.633. The second-order valence-electron chi connectivity index (χ2n) is 4.86. The number of hydrogen-bond acceptors (Lipinski definition) is 4. The Morgan fingerprint density at radius 1 is 1.33 bits per heavy atom. The van der Waals surface area contributed by atoms with Crippen molar-refractivity contribution in [2.24, 2.45) is 0 Å². The minimum absolute atomic E-state index is 0.0491. The highest BCUT2D eigenvalue weighted by atomic mass is 16.8. The fourth-order valence-electron chi connectivity index (χ4n) is 2.57. The zero-order valence-electron chi connectivity index (χ0n) is 9.65. The van der Waals surface area contributed by atoms with Crippen LogP contribution in [0.25, 0.3) is 0 Å². The van der Waals surface area contributed by atoms with Crippen molar-refractivity contribution in [1.82, 2.24) is 0 Å². The first kappa shape index (κ1) is 11.0. The van der Waals surface area contributed by atoms with Crippen molar-refractivity contribution in [3.63, 3.8) is 0 Å². The largest absolute Gasteiger partial charge is 0.362 e. The van der Waals surface area contributed by atoms with Gasteiger partial charge in [-0.3, -0.25) is 0 Å². The molecule has 2 aliphatic rings. The molecular formula is C11H18O4. The maximum Gasteiger partial charge on any atom is 0.164 e. The molecule has 0 amide bonds. The number of carbonyl (C=O) groups excluding carboxylic acids is 1. The molecule has 0 saturated carbocycles. The lowest BCUT2D eigenvalue weighted by Gasteiger charge is -2.26. The molecule has 4 nitrogen and oxygen atoms in total. The molecule has 2 heterocycles. The summed E-state index contributed by atoms with van der Waals surface area (Å²) < 4.78 is 17.2. The molecule has 2 aliphatic heterocycles. The maximum atomic E-state index is 11.0. The van der Waals surface area contributed by atoms with Crippen molar-refractivity contribution in [2.75, 3.05) is 0 Å². The molecule has 4 heteroatoms. The van der Waals surface area contributed by atoms with E-state index < -0.39 is 17.5 Å². The number of fused-ring (bicyclic) bond motifs is 1. The number of rotatable bonds is 2. The Hall–Kier alpha value is -0.450. The minimum atomic E-state index is -0.633. The minimum Gasteiger partial charge on any atom is -0.362 e. The Bertz CT molecular complexity index is 276. The van der Waals surface area contributed by atoms with Crippen LogP contribution >= 0.6 is 0 Å². The summed E-state index contributed by atoms with van der Waals surface area (Å²) in [6, 6.07) is 0. The van der Waals surface area contributed by atoms with Gasteiger partial charge >= 0.3 is 0 Å². The van der Waals surface area contributed by atoms with Crippen molar-refractivity contribution in [1.29, 1.82) is 0 Å². The zero-order chi connectivity index (χ0) is 11.3. The molecule has 4 atom stereocenters. The number of hydrogen-bond donors (Lipinski definition) is 0. The lowest BCUT2D eigenvalue weighted by molar-refractivity contribution is -0.200. The van der Waals surface area contributed by atoms with E-state index in [4.69, 9.17) is 14.2 Å². The molecule has 2 saturated heterocycles. The Labute approximate surface area is 89.9 Å². The first-order chi connectivity index (χ1) is 6.93. The topological polar surface area (TPSA) is 44.8 Å². The van der Waals surface area contributed by atoms with Crippen LogP contribution in [0.1, 0.15) is 34.1 Å². The summed E-state index contributed by atoms with van der Waals surface area (Å²) in [4.78, 5) is 11.0. The molecule has 0 spiro atoms. The monoisotopic (exact) mass is 214 g/mol. The van der Waals surface area contributed by atoms with Crippen molar-refractivity contribution in [2.45, 2.75) is 63.8 Å². The van der Waals surface area contributed by atoms with Gasteiger partial charge in [-0.1, -0.05) is 6.92 Å². The normalized spacial score (nSPS) is 47.9. The Balaban J connectivity index is 2.30. The van der Waals surface area contributed by atoms with Crippen LogP contribution in [-0.2, 0) is 19.0 Å². The third-order valence-corrected chi connectivity index (χ3v) is 3.19. The van der Waals surface area contributed by atoms with Crippen LogP contribution in [0.15, 0.2) is 0 Å². The predicted molar refractivity (Wildman–Crippen MR) is 53.5 cm³/mol. The first-order valence-corrected chi connectivity index (χ1v) is 5.41. The van der Waals surface area contributed by atoms with E-state index in [1.165, 1.54) is 0 Å². The van der Waals surface area contributed by atoms with Gasteiger partial charge in [0.15, 0.2) is 12.1 Å². The van der Waals surface area contributed by atoms with Crippen LogP contribution in [0.3, 0.4) is 0 Å². The van der Waals surface area contributed by atoms with Crippen LogP contribution in [0.2, 0.25) is 0 Å². The van der Waals surface area contributed by atoms with Gasteiger partial charge in [-0.05, 0) is 27.2 Å². The molecule has 86 valence electrons. The zero-order valence-corrected chi connectivity index (χ0v) is 9.65. The third kappa shape index (κ3) is 1.51. The van der Waals surface area contributed by atoms with E-state index in [1.54, 1.807) is 0 Å². The Morgan fingerprint density at radius 3 is 2.53 bits per heavy atom. The van der Waals surface area contributed by atoms with Gasteiger partial charge in [-0.15, -0.1) is 0 Å². The summed E-state index contributed by atoms with van der Waals surface area (Å²) in [5, 5.41) is 0. The van der Waals surface area contributed by atoms with Crippen molar-refractivity contribution < 1.29 is 19.0 Å². The van der Waals surface area contributed by atoms with Gasteiger partial charge in [0.05, 0.1) is 6.10 Å². The first-order valence-electron chi connectivity index (χ1n) is 5.41. The third-order valence-electron chi connectivity index (χ3n) is 3.19. The molecule has 0 aliphatic carbocycles. The lowest BCUT2D eigenvalue weighted by atomic mass is 9.93. The molecule has 15 heavy (non-hydrogen) atoms. The van der Waals surface area contributed by atoms with Gasteiger partial charge in [0, 0.05) is 0 Å². The van der Waals surface area contributed by atoms with E-state index in [9.17, 15) is 4.79 Å². The van der Waals surface area contributed by atoms with E-state index in [0.29, 0.717) is 0 Å². The fourth-order valence-corrected chi connectivity index (χ4v) is 2.57. The second-order valence-corrected chi connectivity index (χ2v) is 4.86. The van der Waals surface area contributed by atoms with Gasteiger partial charge < -0.3 is 19.0 Å². The Morgan fingerprint density at radius 2 is 2.00 bits per heavy atom. The molecule has 0 aromatic heterocycles. The van der Waals surface area contributed by atoms with E-state index in [2.05, 4.69) is 0 Å². The molecule has 0 radical (unpaired) electrons. The molecule has 0 N–H and O–H groups in total. The molecule has 0 bridgehead atoms. The lowest BCUT2D eigenvalue weighted by Crippen LogP contribution is -2.44. The molecule has 0 aromatic rings. The SMILES string of the molecule is CC[C@@H]1O[C@H](C=O)[C@@]2(C)OC(C)(C)O[C@@H]12. The molecule has 2 fully saturated rings. The molecule has 0 unspecified atom stereocenters. The number of carbonyl (C=O) groups is 1. The van der Waals surface area contributed by atoms with E-state index in [0.717, 1.165) is 12.7 Å². The summed E-state index contributed by atoms with van der Waals surface area (Å²) in [6.07, 6.45) is 0.922. The van der Waals surface area contributed by atoms with Crippen LogP contribution in [0.4, 0.5) is 0 Å². The molecule has 2 rings (SSSR count). The van der Waals surface area contributed by atoms with E-state index in [1.807, 2.05) is 27.7 Å². The number of aldehydes is 1. The summed E-state index contributed by atoms with van der Waals surface area (Å²) in [6.45, 7) is 7.64. The fraction of sp³-hybridized carbons (Fsp3) is 0.909. The quantitative estimate of drug-likeness (QED) is 0.649. The van der Waals surface area contributed by atoms with Crippen LogP contribution in [-0.4, -0.2) is 36.0 Å². The maximum absolute atomic E-state index is 11.0. The van der Waals surface area contributed by atoms with Crippen molar-refractivity contribution in [3.05, 3.63) is 0 Å². The summed E-state index contributed by atoms with van der Waals surface area (Å²) in [5.74, 6) is -0.627. The van der Waals surface area contributed by atoms with Gasteiger partial charge in [0.25, 0.3) is 0 Å². The van der Waals surface area contributed by atoms with Gasteiger partial charge in [-0.2, -0.15) is 0 Å². The average Bonchev–Trinajstić information content (AvgIpc) is 2.51. The van der Waals surface area contributed by atoms with E-state index >= 15 is 0 Å². The van der Waals surface area contributed by atoms with Crippen LogP contribution in [0, 0.1) is 0 Å². The summed E-state index contributed by atoms with van der Waals surface area (Å²) in [7, 11) is 0. The average molecular weight is 214 g/mol. The van der Waals surface area contributed by atoms with Crippen molar-refractivity contribution in [3.8, 4) is 0 Å². The highest BCUT2D eigenvalue weighted by molar-refractivity contribution is 5.60. The highest BCUT2D eigenvalue weighted by Gasteiger charge is 2.62. The van der Waals surface area contributed by atoms with Crippen molar-refractivity contribution >= 4 is 6.29 Å². The smallest absolute Gasteiger partial charge is 0.164 e. The van der Waals surface area contributed by atoms with Gasteiger partial charge in [0.2, 0.25) is 0 Å². The van der Waals surface area contributed by atoms with Crippen LogP contribution in [0.5, 0.6) is 0 Å². The second kappa shape index (κ2) is 3.27. The highest BCUT2D eigenvalue weighted by Crippen LogP contribution is 2.46. The van der Waals surface area contributed by atoms with E-state index in [-0.39, 0.29) is 12.2 Å². The van der Waals surface area contributed by atoms with Crippen LogP contribution < -0.4 is 0 Å². The van der Waals surface area contributed by atoms with Gasteiger partial charge in [-0.25, -0.2) is 0 Å². The van der Waals surface area contributed by atoms with Gasteiger partial charge in [0.1, 0.15) is 17.8 Å². The molecular weight excluding hydrogens is 196 g/mol. The number of ether oxygens (including phenoxy) is 3. The summed E-state index contributed by atoms with van der Waals surface area (Å²) >= 11 is 0. The Kier molecular flexibility index (Phi) is 2.41. The predicted octanol–water partition coefficient (Wildman–Crippen LogP) is 1.27. The standard InChI is InChI=1S/C11H18O4/c1-5-7-9-11(4,8(6-12)13-7)15-10(2,3)14-9/h6-9H,5H2,1-4H3/t7-,8+,9-,11+/m0/s1. The molecule has 0 aromatic carbocycles.